The Morgan fingerprint density at radius 2 is 1.65 bits per heavy atom. The normalized spacial score (nSPS) is 21.6. The topological polar surface area (TPSA) is 156 Å². The predicted molar refractivity (Wildman–Crippen MR) is 249 cm³/mol. The summed E-state index contributed by atoms with van der Waals surface area (Å²) in [6.45, 7) is 9.70. The minimum absolute atomic E-state index is 0.0119. The summed E-state index contributed by atoms with van der Waals surface area (Å²) in [6, 6.07) is 16.2. The van der Waals surface area contributed by atoms with E-state index in [4.69, 9.17) is 14.4 Å². The molecule has 7 heterocycles. The standard InChI is InChI=1S/C49H46F2N10O5.C2H6/c1-26-24-49(26,46-53-47(63)66-55-46)59-38-10-5-30(28-14-19-65-20-15-28)21-31(38)22-41(59)45(62)56-16-13-37-42(27(56)2)44(61(54-37)33-8-9-36(50)34(23-33)29-3-4-29)58-18-17-57(48(58)64)40-12-11-39-35(43(40)51)25-52-60(39)32-6-7-32;1-2/h5,8-12,17-18,21-23,25-29,32H,3-4,6-7,13-16,19-20,24H2,1-2H3,(H,53,55,63);1-2H3. The Balaban J connectivity index is 0.00000237. The number of hydrogen-bond donors (Lipinski definition) is 1. The average Bonchev–Trinajstić information content (AvgIpc) is 4.29. The summed E-state index contributed by atoms with van der Waals surface area (Å²) in [7, 11) is 0. The first-order chi connectivity index (χ1) is 33.1. The summed E-state index contributed by atoms with van der Waals surface area (Å²) >= 11 is 0. The van der Waals surface area contributed by atoms with Gasteiger partial charge in [0.05, 0.1) is 46.3 Å². The van der Waals surface area contributed by atoms with Crippen molar-refractivity contribution in [3.63, 3.8) is 0 Å². The molecule has 5 aromatic heterocycles. The molecule has 8 aromatic rings. The summed E-state index contributed by atoms with van der Waals surface area (Å²) in [5, 5.41) is 15.0. The summed E-state index contributed by atoms with van der Waals surface area (Å²) in [5.41, 5.74) is 4.31. The van der Waals surface area contributed by atoms with Crippen LogP contribution in [0, 0.1) is 17.6 Å². The molecule has 5 aliphatic rings. The van der Waals surface area contributed by atoms with Crippen LogP contribution < -0.4 is 11.4 Å². The van der Waals surface area contributed by atoms with Gasteiger partial charge in [-0.25, -0.2) is 23.1 Å². The van der Waals surface area contributed by atoms with Gasteiger partial charge in [0.2, 0.25) is 0 Å². The van der Waals surface area contributed by atoms with Crippen LogP contribution in [0.4, 0.5) is 8.78 Å². The third-order valence-corrected chi connectivity index (χ3v) is 15.1. The average molecular weight is 923 g/mol. The fraction of sp³-hybridized carbons (Fsp3) is 0.412. The second-order valence-electron chi connectivity index (χ2n) is 19.0. The number of hydrogen-bond acceptors (Lipinski definition) is 8. The fourth-order valence-corrected chi connectivity index (χ4v) is 11.1. The number of amides is 1. The van der Waals surface area contributed by atoms with Gasteiger partial charge in [-0.1, -0.05) is 32.0 Å². The molecule has 17 heteroatoms. The highest BCUT2D eigenvalue weighted by Gasteiger charge is 2.59. The van der Waals surface area contributed by atoms with Gasteiger partial charge in [-0.3, -0.25) is 28.1 Å². The van der Waals surface area contributed by atoms with Crippen molar-refractivity contribution in [2.24, 2.45) is 5.92 Å². The number of H-pyrrole nitrogens is 1. The smallest absolute Gasteiger partial charge is 0.381 e. The molecule has 4 fully saturated rings. The third-order valence-electron chi connectivity index (χ3n) is 15.1. The number of aromatic nitrogens is 9. The first-order valence-corrected chi connectivity index (χ1v) is 24.1. The molecule has 1 N–H and O–H groups in total. The molecule has 68 heavy (non-hydrogen) atoms. The van der Waals surface area contributed by atoms with Crippen LogP contribution >= 0.6 is 0 Å². The van der Waals surface area contributed by atoms with Gasteiger partial charge >= 0.3 is 11.4 Å². The van der Waals surface area contributed by atoms with E-state index in [-0.39, 0.29) is 35.3 Å². The Bertz CT molecular complexity index is 3430. The van der Waals surface area contributed by atoms with Crippen LogP contribution in [0.5, 0.6) is 0 Å². The molecule has 3 atom stereocenters. The second kappa shape index (κ2) is 15.9. The van der Waals surface area contributed by atoms with E-state index in [0.717, 1.165) is 49.4 Å². The number of carbonyl (C=O) groups excluding carboxylic acids is 1. The van der Waals surface area contributed by atoms with E-state index in [1.807, 2.05) is 41.0 Å². The van der Waals surface area contributed by atoms with Gasteiger partial charge in [0.1, 0.15) is 22.9 Å². The van der Waals surface area contributed by atoms with Crippen molar-refractivity contribution < 1.29 is 22.8 Å². The Kier molecular flexibility index (Phi) is 9.90. The molecule has 3 aromatic carbocycles. The van der Waals surface area contributed by atoms with E-state index in [1.165, 1.54) is 33.2 Å². The van der Waals surface area contributed by atoms with Crippen molar-refractivity contribution >= 4 is 27.7 Å². The van der Waals surface area contributed by atoms with Crippen LogP contribution in [0.2, 0.25) is 0 Å². The van der Waals surface area contributed by atoms with E-state index in [9.17, 15) is 9.59 Å². The van der Waals surface area contributed by atoms with Crippen molar-refractivity contribution in [2.45, 2.75) is 109 Å². The highest BCUT2D eigenvalue weighted by molar-refractivity contribution is 6.00. The number of rotatable bonds is 9. The molecule has 3 aliphatic carbocycles. The van der Waals surface area contributed by atoms with Gasteiger partial charge in [-0.05, 0) is 129 Å². The van der Waals surface area contributed by atoms with Crippen LogP contribution in [-0.4, -0.2) is 74.0 Å². The van der Waals surface area contributed by atoms with Crippen LogP contribution in [0.1, 0.15) is 135 Å². The van der Waals surface area contributed by atoms with Gasteiger partial charge in [0.15, 0.2) is 11.6 Å². The SMILES string of the molecule is CC.CC1c2c(nn(-c3ccc(F)c(C4CC4)c3)c2-n2ccn(-c3ccc4c(cnn4C4CC4)c3F)c2=O)CCN1C(=O)c1cc2cc(C3CCOCC3)ccc2n1C1(c2noc(=O)[nH]2)CC1C. The Labute approximate surface area is 388 Å². The Hall–Kier alpha value is -6.88. The van der Waals surface area contributed by atoms with Crippen molar-refractivity contribution in [2.75, 3.05) is 19.8 Å². The summed E-state index contributed by atoms with van der Waals surface area (Å²) in [5.74, 6) is -0.586. The van der Waals surface area contributed by atoms with Crippen LogP contribution in [0.15, 0.2) is 87.3 Å². The predicted octanol–water partition coefficient (Wildman–Crippen LogP) is 8.75. The van der Waals surface area contributed by atoms with E-state index in [0.29, 0.717) is 89.3 Å². The number of nitrogens with one attached hydrogen (secondary N) is 1. The van der Waals surface area contributed by atoms with E-state index < -0.39 is 28.8 Å². The van der Waals surface area contributed by atoms with Crippen molar-refractivity contribution in [1.29, 1.82) is 0 Å². The first-order valence-electron chi connectivity index (χ1n) is 24.1. The highest BCUT2D eigenvalue weighted by Crippen LogP contribution is 2.56. The van der Waals surface area contributed by atoms with Gasteiger partial charge < -0.3 is 14.2 Å². The lowest BCUT2D eigenvalue weighted by Crippen LogP contribution is -2.41. The summed E-state index contributed by atoms with van der Waals surface area (Å²) < 4.78 is 50.7. The molecule has 350 valence electrons. The zero-order valence-corrected chi connectivity index (χ0v) is 38.4. The van der Waals surface area contributed by atoms with Crippen molar-refractivity contribution in [3.05, 3.63) is 140 Å². The molecule has 1 saturated heterocycles. The molecular formula is C51H52F2N10O5. The lowest BCUT2D eigenvalue weighted by Gasteiger charge is -2.34. The second-order valence-corrected chi connectivity index (χ2v) is 19.0. The molecule has 0 radical (unpaired) electrons. The zero-order chi connectivity index (χ0) is 46.7. The van der Waals surface area contributed by atoms with Gasteiger partial charge in [0, 0.05) is 55.0 Å². The van der Waals surface area contributed by atoms with E-state index in [2.05, 4.69) is 40.4 Å². The van der Waals surface area contributed by atoms with Crippen LogP contribution in [-0.2, 0) is 16.7 Å². The molecule has 3 saturated carbocycles. The number of fused-ring (bicyclic) bond motifs is 3. The number of ether oxygens (including phenoxy) is 1. The monoisotopic (exact) mass is 922 g/mol. The first kappa shape index (κ1) is 42.5. The van der Waals surface area contributed by atoms with Crippen LogP contribution in [0.3, 0.4) is 0 Å². The van der Waals surface area contributed by atoms with Crippen LogP contribution in [0.25, 0.3) is 39.0 Å². The Morgan fingerprint density at radius 3 is 2.37 bits per heavy atom. The number of nitrogens with zero attached hydrogens (tertiary/aromatic N) is 9. The van der Waals surface area contributed by atoms with E-state index in [1.54, 1.807) is 35.1 Å². The number of carbonyl (C=O) groups is 1. The minimum atomic E-state index is -0.841. The quantitative estimate of drug-likeness (QED) is 0.151. The molecule has 1 amide bonds. The lowest BCUT2D eigenvalue weighted by atomic mass is 9.91. The maximum absolute atomic E-state index is 16.4. The molecule has 15 nitrogen and oxygen atoms in total. The van der Waals surface area contributed by atoms with Gasteiger partial charge in [0.25, 0.3) is 5.91 Å². The fourth-order valence-electron chi connectivity index (χ4n) is 11.1. The Morgan fingerprint density at radius 1 is 0.882 bits per heavy atom. The summed E-state index contributed by atoms with van der Waals surface area (Å²) in [4.78, 5) is 47.4. The maximum atomic E-state index is 16.4. The highest BCUT2D eigenvalue weighted by atomic mass is 19.1. The number of halogens is 2. The molecule has 0 bridgehead atoms. The third kappa shape index (κ3) is 6.51. The van der Waals surface area contributed by atoms with Gasteiger partial charge in [-0.2, -0.15) is 10.2 Å². The van der Waals surface area contributed by atoms with Gasteiger partial charge in [-0.15, -0.1) is 0 Å². The maximum Gasteiger partial charge on any atom is 0.438 e. The minimum Gasteiger partial charge on any atom is -0.381 e. The summed E-state index contributed by atoms with van der Waals surface area (Å²) in [6.07, 6.45) is 11.2. The van der Waals surface area contributed by atoms with Crippen molar-refractivity contribution in [3.8, 4) is 17.2 Å². The number of imidazole rings is 1. The molecular weight excluding hydrogens is 871 g/mol. The molecule has 3 unspecified atom stereocenters. The largest absolute Gasteiger partial charge is 0.438 e. The number of aromatic amines is 1. The lowest BCUT2D eigenvalue weighted by molar-refractivity contribution is 0.0663. The number of benzene rings is 3. The molecule has 13 rings (SSSR count). The van der Waals surface area contributed by atoms with Crippen molar-refractivity contribution in [1.82, 2.24) is 48.3 Å². The molecule has 2 aliphatic heterocycles. The van der Waals surface area contributed by atoms with E-state index >= 15 is 13.6 Å². The molecule has 0 spiro atoms. The zero-order valence-electron chi connectivity index (χ0n) is 38.4.